The third-order valence-electron chi connectivity index (χ3n) is 4.37. The zero-order valence-corrected chi connectivity index (χ0v) is 15.8. The third kappa shape index (κ3) is 2.69. The maximum absolute atomic E-state index is 12.1. The molecule has 1 amide bonds. The third-order valence-corrected chi connectivity index (χ3v) is 6.86. The fourth-order valence-electron chi connectivity index (χ4n) is 3.10. The number of β-lactam (4-membered cyclic amide) rings is 1. The molecule has 4 rings (SSSR count). The molecule has 0 aliphatic carbocycles. The van der Waals surface area contributed by atoms with Crippen LogP contribution in [0.15, 0.2) is 41.7 Å². The minimum Gasteiger partial charge on any atom is -0.735 e. The number of nitrogens with two attached hydrogens (primary N) is 1. The van der Waals surface area contributed by atoms with Crippen molar-refractivity contribution < 1.29 is 14.2 Å². The van der Waals surface area contributed by atoms with Crippen molar-refractivity contribution in [2.24, 2.45) is 12.8 Å². The lowest BCUT2D eigenvalue weighted by atomic mass is 10.0. The van der Waals surface area contributed by atoms with E-state index >= 15 is 0 Å². The number of rotatable bonds is 3. The Morgan fingerprint density at radius 1 is 1.44 bits per heavy atom. The molecule has 2 aromatic heterocycles. The van der Waals surface area contributed by atoms with E-state index in [0.29, 0.717) is 11.4 Å². The van der Waals surface area contributed by atoms with Gasteiger partial charge in [-0.1, -0.05) is 0 Å². The second kappa shape index (κ2) is 6.21. The number of amides is 1. The molecule has 0 radical (unpaired) electrons. The van der Waals surface area contributed by atoms with Crippen LogP contribution in [-0.2, 0) is 29.3 Å². The Hall–Kier alpha value is -1.74. The summed E-state index contributed by atoms with van der Waals surface area (Å²) in [6.07, 6.45) is 4.02. The topological polar surface area (TPSA) is 67.3 Å². The average molecular weight is 390 g/mol. The molecule has 2 aliphatic heterocycles. The minimum absolute atomic E-state index is 0.175. The molecule has 128 valence electrons. The molecule has 0 bridgehead atoms. The van der Waals surface area contributed by atoms with Crippen molar-refractivity contribution >= 4 is 52.3 Å². The van der Waals surface area contributed by atoms with E-state index in [2.05, 4.69) is 11.4 Å². The number of aromatic nitrogens is 1. The van der Waals surface area contributed by atoms with Crippen LogP contribution in [-0.4, -0.2) is 33.1 Å². The van der Waals surface area contributed by atoms with Crippen molar-refractivity contribution in [2.45, 2.75) is 11.4 Å². The largest absolute Gasteiger partial charge is 0.735 e. The van der Waals surface area contributed by atoms with Gasteiger partial charge in [0, 0.05) is 27.8 Å². The maximum atomic E-state index is 12.1. The molecule has 5 nitrogen and oxygen atoms in total. The normalized spacial score (nSPS) is 22.6. The molecule has 2 aliphatic rings. The van der Waals surface area contributed by atoms with Gasteiger partial charge >= 0.3 is 0 Å². The zero-order valence-electron chi connectivity index (χ0n) is 13.3. The summed E-state index contributed by atoms with van der Waals surface area (Å²) in [6.45, 7) is 0. The first kappa shape index (κ1) is 16.7. The van der Waals surface area contributed by atoms with Gasteiger partial charge in [-0.25, -0.2) is 4.57 Å². The summed E-state index contributed by atoms with van der Waals surface area (Å²) in [6, 6.07) is 5.55. The van der Waals surface area contributed by atoms with Gasteiger partial charge in [0.2, 0.25) is 5.91 Å². The lowest BCUT2D eigenvalue weighted by molar-refractivity contribution is -0.671. The molecule has 0 spiro atoms. The van der Waals surface area contributed by atoms with Gasteiger partial charge in [0.1, 0.15) is 18.5 Å². The van der Waals surface area contributed by atoms with E-state index in [0.717, 1.165) is 21.6 Å². The van der Waals surface area contributed by atoms with Crippen LogP contribution in [0.5, 0.6) is 0 Å². The smallest absolute Gasteiger partial charge is 0.248 e. The van der Waals surface area contributed by atoms with Gasteiger partial charge in [0.05, 0.1) is 10.8 Å². The van der Waals surface area contributed by atoms with Gasteiger partial charge in [0.15, 0.2) is 12.4 Å². The Kier molecular flexibility index (Phi) is 4.15. The van der Waals surface area contributed by atoms with Crippen molar-refractivity contribution in [2.75, 3.05) is 5.75 Å². The zero-order chi connectivity index (χ0) is 17.7. The molecule has 0 saturated carbocycles. The van der Waals surface area contributed by atoms with Crippen LogP contribution < -0.4 is 10.3 Å². The number of hydrogen-bond donors (Lipinski definition) is 1. The van der Waals surface area contributed by atoms with Crippen molar-refractivity contribution in [3.8, 4) is 11.1 Å². The molecule has 4 heterocycles. The van der Waals surface area contributed by atoms with E-state index in [1.54, 1.807) is 23.1 Å². The predicted octanol–water partition coefficient (Wildman–Crippen LogP) is 1.27. The minimum atomic E-state index is -0.542. The molecule has 1 fully saturated rings. The Labute approximate surface area is 158 Å². The van der Waals surface area contributed by atoms with Gasteiger partial charge in [0.25, 0.3) is 0 Å². The highest BCUT2D eigenvalue weighted by atomic mass is 32.2. The molecule has 25 heavy (non-hydrogen) atoms. The number of carbonyl (C=O) groups excluding carboxylic acids is 2. The van der Waals surface area contributed by atoms with Gasteiger partial charge in [-0.15, -0.1) is 23.1 Å². The first-order valence-corrected chi connectivity index (χ1v) is 10.0. The number of thioether (sulfide) groups is 1. The van der Waals surface area contributed by atoms with Gasteiger partial charge < -0.3 is 23.2 Å². The lowest BCUT2D eigenvalue weighted by Gasteiger charge is -2.49. The molecule has 2 N–H and O–H groups in total. The first-order valence-electron chi connectivity index (χ1n) is 7.66. The second-order valence-electron chi connectivity index (χ2n) is 6.01. The lowest BCUT2D eigenvalue weighted by Crippen LogP contribution is -2.68. The number of carbonyl (C=O) groups is 2. The van der Waals surface area contributed by atoms with Crippen LogP contribution in [0, 0.1) is 0 Å². The Morgan fingerprint density at radius 2 is 2.24 bits per heavy atom. The highest BCUT2D eigenvalue weighted by Gasteiger charge is 2.50. The molecule has 0 unspecified atom stereocenters. The van der Waals surface area contributed by atoms with Crippen LogP contribution in [0.4, 0.5) is 0 Å². The quantitative estimate of drug-likeness (QED) is 0.486. The SMILES string of the molecule is C[n+]1cccc(-c2csc(C3=C(C(=O)[S-])N4C(=O)[C@@H](N)[C@H]4SC3)c2)c1. The molecule has 1 saturated heterocycles. The molecule has 2 aromatic rings. The number of nitrogens with zero attached hydrogens (tertiary/aromatic N) is 2. The van der Waals surface area contributed by atoms with Gasteiger partial charge in [-0.05, 0) is 23.1 Å². The summed E-state index contributed by atoms with van der Waals surface area (Å²) in [4.78, 5) is 26.6. The summed E-state index contributed by atoms with van der Waals surface area (Å²) < 4.78 is 1.99. The van der Waals surface area contributed by atoms with E-state index in [1.165, 1.54) is 4.90 Å². The second-order valence-corrected chi connectivity index (χ2v) is 8.39. The van der Waals surface area contributed by atoms with Crippen LogP contribution >= 0.6 is 23.1 Å². The van der Waals surface area contributed by atoms with Crippen molar-refractivity contribution in [3.63, 3.8) is 0 Å². The molecular formula is C17H15N3O2S3. The summed E-state index contributed by atoms with van der Waals surface area (Å²) in [5.41, 5.74) is 9.18. The fraction of sp³-hybridized carbons (Fsp3) is 0.235. The number of aryl methyl sites for hydroxylation is 1. The van der Waals surface area contributed by atoms with Crippen LogP contribution in [0.25, 0.3) is 16.7 Å². The van der Waals surface area contributed by atoms with Gasteiger partial charge in [-0.2, -0.15) is 0 Å². The maximum Gasteiger partial charge on any atom is 0.248 e. The average Bonchev–Trinajstić information content (AvgIpc) is 3.09. The highest BCUT2D eigenvalue weighted by Crippen LogP contribution is 2.44. The summed E-state index contributed by atoms with van der Waals surface area (Å²) >= 11 is 8.05. The predicted molar refractivity (Wildman–Crippen MR) is 101 cm³/mol. The first-order chi connectivity index (χ1) is 12.0. The highest BCUT2D eigenvalue weighted by molar-refractivity contribution is 8.00. The van der Waals surface area contributed by atoms with Crippen molar-refractivity contribution in [1.29, 1.82) is 0 Å². The monoisotopic (exact) mass is 389 g/mol. The summed E-state index contributed by atoms with van der Waals surface area (Å²) in [5.74, 6) is 0.400. The molecule has 2 atom stereocenters. The van der Waals surface area contributed by atoms with E-state index in [1.807, 2.05) is 36.1 Å². The van der Waals surface area contributed by atoms with Crippen molar-refractivity contribution in [1.82, 2.24) is 4.90 Å². The van der Waals surface area contributed by atoms with E-state index in [4.69, 9.17) is 18.4 Å². The van der Waals surface area contributed by atoms with Crippen LogP contribution in [0.2, 0.25) is 0 Å². The summed E-state index contributed by atoms with van der Waals surface area (Å²) in [7, 11) is 1.98. The van der Waals surface area contributed by atoms with E-state index in [-0.39, 0.29) is 11.3 Å². The number of pyridine rings is 1. The standard InChI is InChI=1S/C17H15N3O2S3/c1-19-4-2-3-9(6-19)10-5-12(24-7-10)11-8-25-16-13(18)15(21)20(16)14(11)17(22)23/h2-7,13,16H,8,18H2,1H3/t13-,16-/m1/s1. The number of hydrogen-bond acceptors (Lipinski definition) is 6. The Balaban J connectivity index is 1.76. The molecular weight excluding hydrogens is 374 g/mol. The fourth-order valence-corrected chi connectivity index (χ4v) is 5.69. The number of fused-ring (bicyclic) bond motifs is 1. The molecule has 0 aromatic carbocycles. The van der Waals surface area contributed by atoms with Gasteiger partial charge in [-0.3, -0.25) is 9.69 Å². The van der Waals surface area contributed by atoms with Crippen molar-refractivity contribution in [3.05, 3.63) is 46.5 Å². The number of thiophene rings is 1. The summed E-state index contributed by atoms with van der Waals surface area (Å²) in [5, 5.41) is 1.39. The van der Waals surface area contributed by atoms with Crippen LogP contribution in [0.1, 0.15) is 4.88 Å². The Bertz CT molecular complexity index is 921. The van der Waals surface area contributed by atoms with E-state index < -0.39 is 11.2 Å². The molecule has 8 heteroatoms. The Morgan fingerprint density at radius 3 is 2.96 bits per heavy atom. The van der Waals surface area contributed by atoms with E-state index in [9.17, 15) is 9.59 Å². The van der Waals surface area contributed by atoms with Crippen LogP contribution in [0.3, 0.4) is 0 Å².